The number of carbonyl (C=O) groups excluding carboxylic acids is 1. The minimum absolute atomic E-state index is 0.125. The van der Waals surface area contributed by atoms with Crippen molar-refractivity contribution in [2.24, 2.45) is 0 Å². The summed E-state index contributed by atoms with van der Waals surface area (Å²) in [5.74, 6) is 0.915. The van der Waals surface area contributed by atoms with E-state index < -0.39 is 6.10 Å². The van der Waals surface area contributed by atoms with Crippen molar-refractivity contribution in [3.05, 3.63) is 45.0 Å². The van der Waals surface area contributed by atoms with Crippen LogP contribution in [0, 0.1) is 13.8 Å². The Hall–Kier alpha value is -2.48. The molecule has 1 aliphatic rings. The molecule has 24 heavy (non-hydrogen) atoms. The Morgan fingerprint density at radius 2 is 2.25 bits per heavy atom. The smallest absolute Gasteiger partial charge is 0.259 e. The van der Waals surface area contributed by atoms with E-state index in [-0.39, 0.29) is 11.5 Å². The summed E-state index contributed by atoms with van der Waals surface area (Å²) in [5.41, 5.74) is 1.48. The lowest BCUT2D eigenvalue weighted by molar-refractivity contribution is -0.0249. The van der Waals surface area contributed by atoms with Crippen molar-refractivity contribution in [3.63, 3.8) is 0 Å². The molecule has 8 nitrogen and oxygen atoms in total. The Kier molecular flexibility index (Phi) is 4.48. The number of morpholine rings is 1. The third-order valence-corrected chi connectivity index (χ3v) is 4.05. The molecule has 8 heteroatoms. The van der Waals surface area contributed by atoms with Gasteiger partial charge in [0.25, 0.3) is 11.5 Å². The van der Waals surface area contributed by atoms with Gasteiger partial charge < -0.3 is 19.1 Å². The van der Waals surface area contributed by atoms with Gasteiger partial charge in [-0.3, -0.25) is 9.59 Å². The number of aryl methyl sites for hydroxylation is 3. The van der Waals surface area contributed by atoms with Crippen LogP contribution in [0.3, 0.4) is 0 Å². The van der Waals surface area contributed by atoms with E-state index in [9.17, 15) is 9.59 Å². The van der Waals surface area contributed by atoms with Crippen LogP contribution in [0.15, 0.2) is 15.4 Å². The zero-order valence-electron chi connectivity index (χ0n) is 14.0. The van der Waals surface area contributed by atoms with Crippen LogP contribution in [0.2, 0.25) is 0 Å². The third kappa shape index (κ3) is 3.09. The van der Waals surface area contributed by atoms with Crippen molar-refractivity contribution < 1.29 is 14.1 Å². The summed E-state index contributed by atoms with van der Waals surface area (Å²) in [5, 5.41) is 3.94. The zero-order chi connectivity index (χ0) is 17.3. The van der Waals surface area contributed by atoms with Gasteiger partial charge in [0.05, 0.1) is 24.5 Å². The number of rotatable bonds is 3. The Labute approximate surface area is 138 Å². The van der Waals surface area contributed by atoms with E-state index in [0.29, 0.717) is 54.7 Å². The van der Waals surface area contributed by atoms with Gasteiger partial charge in [-0.05, 0) is 20.3 Å². The number of ether oxygens (including phenoxy) is 1. The maximum Gasteiger partial charge on any atom is 0.259 e. The Bertz CT molecular complexity index is 811. The van der Waals surface area contributed by atoms with Gasteiger partial charge in [-0.15, -0.1) is 0 Å². The van der Waals surface area contributed by atoms with Gasteiger partial charge in [0.2, 0.25) is 0 Å². The topological polar surface area (TPSA) is 101 Å². The molecule has 1 saturated heterocycles. The number of nitrogens with zero attached hydrogens (tertiary/aromatic N) is 3. The Morgan fingerprint density at radius 3 is 2.96 bits per heavy atom. The summed E-state index contributed by atoms with van der Waals surface area (Å²) in [7, 11) is 0. The summed E-state index contributed by atoms with van der Waals surface area (Å²) in [6, 6.07) is 1.41. The summed E-state index contributed by atoms with van der Waals surface area (Å²) in [6.45, 7) is 6.58. The fourth-order valence-electron chi connectivity index (χ4n) is 2.87. The Morgan fingerprint density at radius 1 is 1.46 bits per heavy atom. The molecule has 0 spiro atoms. The lowest BCUT2D eigenvalue weighted by Crippen LogP contribution is -2.43. The number of H-pyrrole nitrogens is 1. The van der Waals surface area contributed by atoms with Gasteiger partial charge in [0, 0.05) is 12.6 Å². The number of nitrogens with one attached hydrogen (secondary N) is 1. The molecule has 3 rings (SSSR count). The predicted molar refractivity (Wildman–Crippen MR) is 84.8 cm³/mol. The molecule has 1 atom stereocenters. The molecule has 2 aromatic rings. The van der Waals surface area contributed by atoms with Crippen molar-refractivity contribution >= 4 is 5.91 Å². The molecule has 0 bridgehead atoms. The van der Waals surface area contributed by atoms with Crippen molar-refractivity contribution in [1.82, 2.24) is 20.0 Å². The minimum Gasteiger partial charge on any atom is -0.368 e. The molecular formula is C16H20N4O4. The SMILES string of the molecule is CCc1noc(C)c1C(=O)N1CCO[C@H](c2cc(=O)[nH]c(C)n2)C1. The predicted octanol–water partition coefficient (Wildman–Crippen LogP) is 1.15. The van der Waals surface area contributed by atoms with Crippen LogP contribution in [0.25, 0.3) is 0 Å². The van der Waals surface area contributed by atoms with Crippen LogP contribution in [-0.4, -0.2) is 45.6 Å². The van der Waals surface area contributed by atoms with Crippen molar-refractivity contribution in [1.29, 1.82) is 0 Å². The minimum atomic E-state index is -0.422. The first-order valence-electron chi connectivity index (χ1n) is 7.93. The van der Waals surface area contributed by atoms with Crippen LogP contribution >= 0.6 is 0 Å². The van der Waals surface area contributed by atoms with Crippen molar-refractivity contribution in [2.75, 3.05) is 19.7 Å². The quantitative estimate of drug-likeness (QED) is 0.905. The molecule has 128 valence electrons. The highest BCUT2D eigenvalue weighted by Gasteiger charge is 2.30. The molecule has 3 heterocycles. The first-order chi connectivity index (χ1) is 11.5. The molecule has 1 aliphatic heterocycles. The summed E-state index contributed by atoms with van der Waals surface area (Å²) < 4.78 is 10.9. The molecule has 1 fully saturated rings. The fraction of sp³-hybridized carbons (Fsp3) is 0.500. The maximum absolute atomic E-state index is 12.9. The molecule has 0 aliphatic carbocycles. The molecule has 1 N–H and O–H groups in total. The number of hydrogen-bond acceptors (Lipinski definition) is 6. The van der Waals surface area contributed by atoms with Crippen molar-refractivity contribution in [2.45, 2.75) is 33.3 Å². The van der Waals surface area contributed by atoms with Gasteiger partial charge >= 0.3 is 0 Å². The van der Waals surface area contributed by atoms with E-state index in [1.54, 1.807) is 18.7 Å². The van der Waals surface area contributed by atoms with Crippen molar-refractivity contribution in [3.8, 4) is 0 Å². The van der Waals surface area contributed by atoms with Crippen LogP contribution in [-0.2, 0) is 11.2 Å². The highest BCUT2D eigenvalue weighted by molar-refractivity contribution is 5.96. The van der Waals surface area contributed by atoms with Gasteiger partial charge in [-0.1, -0.05) is 12.1 Å². The molecule has 0 radical (unpaired) electrons. The lowest BCUT2D eigenvalue weighted by atomic mass is 10.1. The van der Waals surface area contributed by atoms with Gasteiger partial charge in [0.1, 0.15) is 23.3 Å². The van der Waals surface area contributed by atoms with Gasteiger partial charge in [-0.2, -0.15) is 0 Å². The van der Waals surface area contributed by atoms with Crippen LogP contribution < -0.4 is 5.56 Å². The average molecular weight is 332 g/mol. The molecule has 0 aromatic carbocycles. The fourth-order valence-corrected chi connectivity index (χ4v) is 2.87. The van der Waals surface area contributed by atoms with E-state index in [4.69, 9.17) is 9.26 Å². The maximum atomic E-state index is 12.9. The number of amides is 1. The highest BCUT2D eigenvalue weighted by atomic mass is 16.5. The zero-order valence-corrected chi connectivity index (χ0v) is 14.0. The highest BCUT2D eigenvalue weighted by Crippen LogP contribution is 2.23. The summed E-state index contributed by atoms with van der Waals surface area (Å²) in [6.07, 6.45) is 0.204. The number of hydrogen-bond donors (Lipinski definition) is 1. The normalized spacial score (nSPS) is 18.0. The van der Waals surface area contributed by atoms with E-state index in [1.807, 2.05) is 6.92 Å². The Balaban J connectivity index is 1.84. The second-order valence-corrected chi connectivity index (χ2v) is 5.78. The first-order valence-corrected chi connectivity index (χ1v) is 7.93. The van der Waals surface area contributed by atoms with Gasteiger partial charge in [-0.25, -0.2) is 4.98 Å². The van der Waals surface area contributed by atoms with Crippen LogP contribution in [0.4, 0.5) is 0 Å². The standard InChI is InChI=1S/C16H20N4O4/c1-4-11-15(9(2)24-19-11)16(22)20-5-6-23-13(8-20)12-7-14(21)18-10(3)17-12/h7,13H,4-6,8H2,1-3H3,(H,17,18,21)/t13-/m0/s1. The lowest BCUT2D eigenvalue weighted by Gasteiger charge is -2.32. The summed E-state index contributed by atoms with van der Waals surface area (Å²) in [4.78, 5) is 33.1. The summed E-state index contributed by atoms with van der Waals surface area (Å²) >= 11 is 0. The molecule has 0 saturated carbocycles. The monoisotopic (exact) mass is 332 g/mol. The van der Waals surface area contributed by atoms with E-state index >= 15 is 0 Å². The largest absolute Gasteiger partial charge is 0.368 e. The third-order valence-electron chi connectivity index (χ3n) is 4.05. The molecule has 2 aromatic heterocycles. The van der Waals surface area contributed by atoms with Crippen LogP contribution in [0.1, 0.15) is 46.4 Å². The average Bonchev–Trinajstić information content (AvgIpc) is 2.94. The second-order valence-electron chi connectivity index (χ2n) is 5.78. The molecule has 0 unspecified atom stereocenters. The molecular weight excluding hydrogens is 312 g/mol. The van der Waals surface area contributed by atoms with E-state index in [0.717, 1.165) is 0 Å². The first kappa shape index (κ1) is 16.4. The second kappa shape index (κ2) is 6.56. The number of carbonyl (C=O) groups is 1. The van der Waals surface area contributed by atoms with Crippen LogP contribution in [0.5, 0.6) is 0 Å². The number of aromatic nitrogens is 3. The number of aromatic amines is 1. The van der Waals surface area contributed by atoms with E-state index in [2.05, 4.69) is 15.1 Å². The van der Waals surface area contributed by atoms with E-state index in [1.165, 1.54) is 6.07 Å². The van der Waals surface area contributed by atoms with Gasteiger partial charge in [0.15, 0.2) is 0 Å². The molecule has 1 amide bonds.